The fourth-order valence-electron chi connectivity index (χ4n) is 2.79. The fraction of sp³-hybridized carbons (Fsp3) is 0.667. The van der Waals surface area contributed by atoms with E-state index in [2.05, 4.69) is 53.8 Å². The van der Waals surface area contributed by atoms with E-state index in [-0.39, 0.29) is 0 Å². The van der Waals surface area contributed by atoms with E-state index in [0.717, 1.165) is 43.5 Å². The largest absolute Gasteiger partial charge is 0.353 e. The number of rotatable bonds is 3. The van der Waals surface area contributed by atoms with Crippen LogP contribution in [-0.2, 0) is 0 Å². The molecule has 1 aliphatic rings. The summed E-state index contributed by atoms with van der Waals surface area (Å²) in [5.41, 5.74) is 0.822. The van der Waals surface area contributed by atoms with Crippen LogP contribution < -0.4 is 4.90 Å². The average molecular weight is 288 g/mol. The van der Waals surface area contributed by atoms with Gasteiger partial charge in [-0.25, -0.2) is 0 Å². The minimum Gasteiger partial charge on any atom is -0.353 e. The molecule has 6 nitrogen and oxygen atoms in total. The van der Waals surface area contributed by atoms with Crippen LogP contribution in [0, 0.1) is 0 Å². The summed E-state index contributed by atoms with van der Waals surface area (Å²) in [4.78, 5) is 4.86. The molecule has 2 aromatic heterocycles. The highest BCUT2D eigenvalue weighted by atomic mass is 15.4. The van der Waals surface area contributed by atoms with Crippen molar-refractivity contribution in [2.24, 2.45) is 0 Å². The van der Waals surface area contributed by atoms with E-state index in [9.17, 15) is 0 Å². The topological polar surface area (TPSA) is 49.6 Å². The molecule has 0 atom stereocenters. The van der Waals surface area contributed by atoms with Crippen LogP contribution in [0.5, 0.6) is 0 Å². The second-order valence-corrected chi connectivity index (χ2v) is 6.29. The van der Waals surface area contributed by atoms with Gasteiger partial charge < -0.3 is 4.90 Å². The Morgan fingerprint density at radius 2 is 1.67 bits per heavy atom. The molecule has 114 valence electrons. The lowest BCUT2D eigenvalue weighted by Crippen LogP contribution is -2.49. The van der Waals surface area contributed by atoms with E-state index in [1.165, 1.54) is 0 Å². The molecule has 0 amide bonds. The number of anilines is 1. The first-order valence-electron chi connectivity index (χ1n) is 7.77. The second-order valence-electron chi connectivity index (χ2n) is 6.29. The van der Waals surface area contributed by atoms with Crippen LogP contribution in [0.2, 0.25) is 0 Å². The molecule has 3 heterocycles. The van der Waals surface area contributed by atoms with Crippen molar-refractivity contribution in [1.29, 1.82) is 0 Å². The molecule has 1 saturated heterocycles. The lowest BCUT2D eigenvalue weighted by atomic mass is 10.2. The van der Waals surface area contributed by atoms with E-state index in [4.69, 9.17) is 5.10 Å². The van der Waals surface area contributed by atoms with Crippen molar-refractivity contribution in [2.45, 2.75) is 39.7 Å². The SMILES string of the molecule is CC(C)c1nnc2ccc(N3CCN(C(C)C)CC3)nn12. The smallest absolute Gasteiger partial charge is 0.178 e. The van der Waals surface area contributed by atoms with Crippen molar-refractivity contribution in [3.63, 3.8) is 0 Å². The summed E-state index contributed by atoms with van der Waals surface area (Å²) in [6.07, 6.45) is 0. The molecule has 0 unspecified atom stereocenters. The van der Waals surface area contributed by atoms with E-state index in [1.807, 2.05) is 10.6 Å². The molecule has 0 aromatic carbocycles. The zero-order valence-electron chi connectivity index (χ0n) is 13.3. The fourth-order valence-corrected chi connectivity index (χ4v) is 2.79. The normalized spacial score (nSPS) is 17.3. The Balaban J connectivity index is 1.83. The average Bonchev–Trinajstić information content (AvgIpc) is 2.90. The summed E-state index contributed by atoms with van der Waals surface area (Å²) in [7, 11) is 0. The molecule has 1 aliphatic heterocycles. The summed E-state index contributed by atoms with van der Waals surface area (Å²) in [5.74, 6) is 2.26. The Hall–Kier alpha value is -1.69. The first kappa shape index (κ1) is 14.3. The zero-order valence-corrected chi connectivity index (χ0v) is 13.3. The number of hydrogen-bond donors (Lipinski definition) is 0. The van der Waals surface area contributed by atoms with Crippen LogP contribution in [0.25, 0.3) is 5.65 Å². The maximum Gasteiger partial charge on any atom is 0.178 e. The van der Waals surface area contributed by atoms with Gasteiger partial charge in [-0.05, 0) is 26.0 Å². The van der Waals surface area contributed by atoms with Gasteiger partial charge in [-0.2, -0.15) is 4.52 Å². The number of piperazine rings is 1. The van der Waals surface area contributed by atoms with Gasteiger partial charge in [0.1, 0.15) is 5.82 Å². The van der Waals surface area contributed by atoms with Crippen LogP contribution in [0.4, 0.5) is 5.82 Å². The highest BCUT2D eigenvalue weighted by Crippen LogP contribution is 2.18. The van der Waals surface area contributed by atoms with E-state index in [0.29, 0.717) is 12.0 Å². The van der Waals surface area contributed by atoms with Crippen LogP contribution in [0.15, 0.2) is 12.1 Å². The molecule has 0 N–H and O–H groups in total. The summed E-state index contributed by atoms with van der Waals surface area (Å²) in [6, 6.07) is 4.68. The summed E-state index contributed by atoms with van der Waals surface area (Å²) < 4.78 is 1.88. The highest BCUT2D eigenvalue weighted by Gasteiger charge is 2.20. The maximum atomic E-state index is 4.75. The monoisotopic (exact) mass is 288 g/mol. The van der Waals surface area contributed by atoms with Gasteiger partial charge in [0.05, 0.1) is 0 Å². The van der Waals surface area contributed by atoms with Crippen molar-refractivity contribution in [2.75, 3.05) is 31.1 Å². The van der Waals surface area contributed by atoms with Gasteiger partial charge >= 0.3 is 0 Å². The van der Waals surface area contributed by atoms with E-state index >= 15 is 0 Å². The number of nitrogens with zero attached hydrogens (tertiary/aromatic N) is 6. The highest BCUT2D eigenvalue weighted by molar-refractivity contribution is 5.46. The van der Waals surface area contributed by atoms with Crippen molar-refractivity contribution in [1.82, 2.24) is 24.7 Å². The molecule has 2 aromatic rings. The van der Waals surface area contributed by atoms with Gasteiger partial charge in [-0.3, -0.25) is 4.90 Å². The Labute approximate surface area is 125 Å². The van der Waals surface area contributed by atoms with Gasteiger partial charge in [0.25, 0.3) is 0 Å². The molecule has 1 fully saturated rings. The van der Waals surface area contributed by atoms with Crippen LogP contribution in [0.1, 0.15) is 39.4 Å². The molecular weight excluding hydrogens is 264 g/mol. The lowest BCUT2D eigenvalue weighted by molar-refractivity contribution is 0.209. The molecule has 0 saturated carbocycles. The van der Waals surface area contributed by atoms with Crippen molar-refractivity contribution >= 4 is 11.5 Å². The quantitative estimate of drug-likeness (QED) is 0.861. The van der Waals surface area contributed by atoms with Crippen LogP contribution in [0.3, 0.4) is 0 Å². The predicted octanol–water partition coefficient (Wildman–Crippen LogP) is 1.78. The molecule has 3 rings (SSSR count). The number of aromatic nitrogens is 4. The predicted molar refractivity (Wildman–Crippen MR) is 83.8 cm³/mol. The first-order valence-corrected chi connectivity index (χ1v) is 7.77. The standard InChI is InChI=1S/C15H24N6/c1-11(2)15-17-16-13-5-6-14(18-21(13)15)20-9-7-19(8-10-20)12(3)4/h5-6,11-12H,7-10H2,1-4H3. The van der Waals surface area contributed by atoms with Gasteiger partial charge in [0.15, 0.2) is 11.5 Å². The minimum absolute atomic E-state index is 0.320. The van der Waals surface area contributed by atoms with Gasteiger partial charge in [-0.15, -0.1) is 15.3 Å². The third-order valence-electron chi connectivity index (χ3n) is 4.16. The molecule has 0 aliphatic carbocycles. The van der Waals surface area contributed by atoms with Gasteiger partial charge in [-0.1, -0.05) is 13.8 Å². The van der Waals surface area contributed by atoms with E-state index in [1.54, 1.807) is 0 Å². The Bertz CT molecular complexity index is 610. The Morgan fingerprint density at radius 3 is 2.29 bits per heavy atom. The van der Waals surface area contributed by atoms with Gasteiger partial charge in [0, 0.05) is 38.1 Å². The summed E-state index contributed by atoms with van der Waals surface area (Å²) in [6.45, 7) is 13.0. The maximum absolute atomic E-state index is 4.75. The van der Waals surface area contributed by atoms with Crippen molar-refractivity contribution in [3.05, 3.63) is 18.0 Å². The molecule has 6 heteroatoms. The van der Waals surface area contributed by atoms with E-state index < -0.39 is 0 Å². The molecule has 0 bridgehead atoms. The Kier molecular flexibility index (Phi) is 3.80. The van der Waals surface area contributed by atoms with Crippen LogP contribution >= 0.6 is 0 Å². The molecule has 21 heavy (non-hydrogen) atoms. The summed E-state index contributed by atoms with van der Waals surface area (Å²) >= 11 is 0. The van der Waals surface area contributed by atoms with Gasteiger partial charge in [0.2, 0.25) is 0 Å². The Morgan fingerprint density at radius 1 is 0.952 bits per heavy atom. The van der Waals surface area contributed by atoms with Crippen molar-refractivity contribution in [3.8, 4) is 0 Å². The third-order valence-corrected chi connectivity index (χ3v) is 4.16. The molecule has 0 spiro atoms. The minimum atomic E-state index is 0.320. The lowest BCUT2D eigenvalue weighted by Gasteiger charge is -2.37. The number of hydrogen-bond acceptors (Lipinski definition) is 5. The molecule has 0 radical (unpaired) electrons. The second kappa shape index (κ2) is 5.60. The summed E-state index contributed by atoms with van der Waals surface area (Å²) in [5, 5.41) is 13.2. The van der Waals surface area contributed by atoms with Crippen molar-refractivity contribution < 1.29 is 0 Å². The zero-order chi connectivity index (χ0) is 15.0. The first-order chi connectivity index (χ1) is 10.1. The van der Waals surface area contributed by atoms with Crippen LogP contribution in [-0.4, -0.2) is 56.9 Å². The number of fused-ring (bicyclic) bond motifs is 1. The molecular formula is C15H24N6. The third kappa shape index (κ3) is 2.72.